The molecule has 10 nitrogen and oxygen atoms in total. The smallest absolute Gasteiger partial charge is 0.545 e. The molecule has 0 radical (unpaired) electrons. The van der Waals surface area contributed by atoms with Crippen LogP contribution in [0.25, 0.3) is 0 Å². The van der Waals surface area contributed by atoms with Crippen LogP contribution in [-0.4, -0.2) is 54.8 Å². The quantitative estimate of drug-likeness (QED) is 0.145. The number of carboxylic acids is 2. The molecule has 0 aliphatic rings. The van der Waals surface area contributed by atoms with E-state index in [1.807, 2.05) is 0 Å². The maximum absolute atomic E-state index is 11.2. The molecular formula is C21H27NaO10. The topological polar surface area (TPSA) is 156 Å². The van der Waals surface area contributed by atoms with Crippen molar-refractivity contribution in [1.82, 2.24) is 0 Å². The zero-order valence-corrected chi connectivity index (χ0v) is 20.4. The molecule has 0 bridgehead atoms. The number of hydrogen-bond acceptors (Lipinski definition) is 9. The summed E-state index contributed by atoms with van der Waals surface area (Å²) in [5.74, 6) is -4.05. The van der Waals surface area contributed by atoms with E-state index in [1.165, 1.54) is 0 Å². The van der Waals surface area contributed by atoms with E-state index in [9.17, 15) is 19.2 Å². The monoisotopic (exact) mass is 462 g/mol. The van der Waals surface area contributed by atoms with Gasteiger partial charge in [0.25, 0.3) is 0 Å². The van der Waals surface area contributed by atoms with Gasteiger partial charge in [-0.2, -0.15) is 0 Å². The molecule has 0 rings (SSSR count). The number of carbonyl (C=O) groups excluding carboxylic acids is 4. The van der Waals surface area contributed by atoms with Gasteiger partial charge in [0.15, 0.2) is 0 Å². The Labute approximate surface area is 209 Å². The first kappa shape index (κ1) is 36.4. The molecule has 0 saturated carbocycles. The molecule has 11 heteroatoms. The van der Waals surface area contributed by atoms with Gasteiger partial charge in [0, 0.05) is 24.3 Å². The Kier molecular flexibility index (Phi) is 25.9. The van der Waals surface area contributed by atoms with Crippen molar-refractivity contribution in [2.24, 2.45) is 5.41 Å². The van der Waals surface area contributed by atoms with Gasteiger partial charge < -0.3 is 29.2 Å². The molecule has 172 valence electrons. The average Bonchev–Trinajstić information content (AvgIpc) is 2.78. The SMILES string of the molecule is C=CC(=O)O.C=CC(=O)OCC(CC)(COC(=O)C=C)COC(=O)C=C.C=CC(=O)[O-].[Na+]. The Morgan fingerprint density at radius 2 is 1.00 bits per heavy atom. The van der Waals surface area contributed by atoms with Crippen molar-refractivity contribution in [3.8, 4) is 0 Å². The largest absolute Gasteiger partial charge is 1.00 e. The summed E-state index contributed by atoms with van der Waals surface area (Å²) in [6.45, 7) is 17.3. The fourth-order valence-electron chi connectivity index (χ4n) is 1.28. The van der Waals surface area contributed by atoms with Gasteiger partial charge in [-0.3, -0.25) is 0 Å². The van der Waals surface area contributed by atoms with E-state index >= 15 is 0 Å². The van der Waals surface area contributed by atoms with Crippen molar-refractivity contribution in [2.45, 2.75) is 13.3 Å². The summed E-state index contributed by atoms with van der Waals surface area (Å²) < 4.78 is 15.0. The maximum atomic E-state index is 11.2. The third-order valence-corrected chi connectivity index (χ3v) is 3.15. The first-order valence-electron chi connectivity index (χ1n) is 8.53. The second kappa shape index (κ2) is 22.7. The molecule has 0 amide bonds. The van der Waals surface area contributed by atoms with E-state index in [0.717, 1.165) is 30.4 Å². The van der Waals surface area contributed by atoms with Crippen molar-refractivity contribution in [1.29, 1.82) is 0 Å². The van der Waals surface area contributed by atoms with E-state index in [4.69, 9.17) is 29.2 Å². The molecule has 0 unspecified atom stereocenters. The van der Waals surface area contributed by atoms with E-state index in [1.54, 1.807) is 6.92 Å². The molecule has 0 fully saturated rings. The van der Waals surface area contributed by atoms with Crippen LogP contribution in [0.4, 0.5) is 0 Å². The minimum atomic E-state index is -1.23. The Bertz CT molecular complexity index is 604. The van der Waals surface area contributed by atoms with Crippen LogP contribution in [0.2, 0.25) is 0 Å². The zero-order chi connectivity index (χ0) is 24.9. The molecule has 1 N–H and O–H groups in total. The van der Waals surface area contributed by atoms with Gasteiger partial charge in [-0.1, -0.05) is 39.8 Å². The minimum absolute atomic E-state index is 0. The minimum Gasteiger partial charge on any atom is -0.545 e. The Morgan fingerprint density at radius 1 is 0.750 bits per heavy atom. The van der Waals surface area contributed by atoms with Crippen LogP contribution in [0.1, 0.15) is 13.3 Å². The van der Waals surface area contributed by atoms with E-state index < -0.39 is 35.3 Å². The number of esters is 3. The molecule has 0 spiro atoms. The van der Waals surface area contributed by atoms with Gasteiger partial charge in [0.05, 0.1) is 11.4 Å². The molecular weight excluding hydrogens is 435 g/mol. The molecule has 0 aromatic heterocycles. The molecule has 0 aliphatic heterocycles. The molecule has 0 heterocycles. The second-order valence-corrected chi connectivity index (χ2v) is 5.35. The van der Waals surface area contributed by atoms with Crippen molar-refractivity contribution in [3.05, 3.63) is 63.3 Å². The predicted octanol–water partition coefficient (Wildman–Crippen LogP) is -2.25. The Hall–Kier alpha value is -2.95. The zero-order valence-electron chi connectivity index (χ0n) is 18.4. The summed E-state index contributed by atoms with van der Waals surface area (Å²) >= 11 is 0. The summed E-state index contributed by atoms with van der Waals surface area (Å²) in [5.41, 5.74) is -0.837. The van der Waals surface area contributed by atoms with Gasteiger partial charge in [0.2, 0.25) is 0 Å². The van der Waals surface area contributed by atoms with E-state index in [-0.39, 0.29) is 49.4 Å². The van der Waals surface area contributed by atoms with Crippen molar-refractivity contribution in [3.63, 3.8) is 0 Å². The first-order valence-corrected chi connectivity index (χ1v) is 8.53. The number of ether oxygens (including phenoxy) is 3. The molecule has 0 aromatic rings. The molecule has 0 aromatic carbocycles. The van der Waals surface area contributed by atoms with Gasteiger partial charge in [-0.25, -0.2) is 19.2 Å². The third kappa shape index (κ3) is 23.3. The van der Waals surface area contributed by atoms with Gasteiger partial charge in [-0.15, -0.1) is 0 Å². The number of aliphatic carboxylic acids is 2. The molecule has 0 atom stereocenters. The van der Waals surface area contributed by atoms with E-state index in [0.29, 0.717) is 6.42 Å². The number of rotatable bonds is 12. The third-order valence-electron chi connectivity index (χ3n) is 3.15. The molecule has 0 saturated heterocycles. The summed E-state index contributed by atoms with van der Waals surface area (Å²) in [5, 5.41) is 16.7. The van der Waals surface area contributed by atoms with Crippen LogP contribution in [-0.2, 0) is 38.2 Å². The van der Waals surface area contributed by atoms with Crippen LogP contribution in [0.5, 0.6) is 0 Å². The Balaban J connectivity index is -0.000000296. The summed E-state index contributed by atoms with van der Waals surface area (Å²) in [7, 11) is 0. The van der Waals surface area contributed by atoms with Crippen molar-refractivity contribution in [2.75, 3.05) is 19.8 Å². The first-order chi connectivity index (χ1) is 14.5. The van der Waals surface area contributed by atoms with E-state index in [2.05, 4.69) is 32.9 Å². The fourth-order valence-corrected chi connectivity index (χ4v) is 1.28. The summed E-state index contributed by atoms with van der Waals surface area (Å²) in [6.07, 6.45) is 5.07. The van der Waals surface area contributed by atoms with Gasteiger partial charge in [0.1, 0.15) is 19.8 Å². The van der Waals surface area contributed by atoms with Crippen LogP contribution in [0.3, 0.4) is 0 Å². The van der Waals surface area contributed by atoms with Crippen LogP contribution in [0.15, 0.2) is 63.3 Å². The van der Waals surface area contributed by atoms with Crippen molar-refractivity contribution >= 4 is 29.8 Å². The van der Waals surface area contributed by atoms with Crippen molar-refractivity contribution < 1.29 is 78.0 Å². The van der Waals surface area contributed by atoms with Crippen LogP contribution >= 0.6 is 0 Å². The van der Waals surface area contributed by atoms with Crippen LogP contribution < -0.4 is 34.7 Å². The standard InChI is InChI=1S/C15H20O6.2C3H4O2.Na/c1-5-12(16)19-9-15(8-4,10-20-13(17)6-2)11-21-14(18)7-3;2*1-2-3(4)5;/h5-7H,1-3,8-11H2,4H3;2*2H,1H2,(H,4,5);/q;;;+1/p-1. The fraction of sp³-hybridized carbons (Fsp3) is 0.286. The molecule has 0 aliphatic carbocycles. The van der Waals surface area contributed by atoms with Gasteiger partial charge >= 0.3 is 53.4 Å². The summed E-state index contributed by atoms with van der Waals surface area (Å²) in [4.78, 5) is 51.9. The maximum Gasteiger partial charge on any atom is 1.00 e. The second-order valence-electron chi connectivity index (χ2n) is 5.35. The number of carbonyl (C=O) groups is 5. The Morgan fingerprint density at radius 3 is 1.12 bits per heavy atom. The normalized spacial score (nSPS) is 8.66. The predicted molar refractivity (Wildman–Crippen MR) is 109 cm³/mol. The number of carboxylic acid groups (broad SMARTS) is 2. The number of hydrogen-bond donors (Lipinski definition) is 1. The molecule has 32 heavy (non-hydrogen) atoms. The van der Waals surface area contributed by atoms with Crippen LogP contribution in [0, 0.1) is 5.41 Å². The average molecular weight is 462 g/mol. The van der Waals surface area contributed by atoms with Gasteiger partial charge in [-0.05, 0) is 12.5 Å². The summed E-state index contributed by atoms with van der Waals surface area (Å²) in [6, 6.07) is 0.